The quantitative estimate of drug-likeness (QED) is 0.456. The molecule has 1 saturated carbocycles. The van der Waals surface area contributed by atoms with Crippen LogP contribution >= 0.6 is 0 Å². The van der Waals surface area contributed by atoms with Crippen molar-refractivity contribution in [1.82, 2.24) is 0 Å². The van der Waals surface area contributed by atoms with Gasteiger partial charge in [0, 0.05) is 6.04 Å². The van der Waals surface area contributed by atoms with E-state index in [4.69, 9.17) is 10.8 Å². The van der Waals surface area contributed by atoms with Crippen molar-refractivity contribution >= 4 is 5.97 Å². The van der Waals surface area contributed by atoms with Crippen molar-refractivity contribution in [3.8, 4) is 0 Å². The summed E-state index contributed by atoms with van der Waals surface area (Å²) in [7, 11) is 0. The molecule has 0 aromatic carbocycles. The lowest BCUT2D eigenvalue weighted by Gasteiger charge is -2.21. The average molecular weight is 145 g/mol. The average Bonchev–Trinajstić information content (AvgIpc) is 2.15. The Bertz CT molecular complexity index is 159. The molecule has 0 saturated heterocycles. The molecule has 0 bridgehead atoms. The standard InChI is InChI=1S/C6H11NO3/c7-4-2-1-3-6(4,10)5(8)9/h4,10H,1-3,7H2,(H,8,9)/t4-,6-/m1/s1. The summed E-state index contributed by atoms with van der Waals surface area (Å²) < 4.78 is 0. The largest absolute Gasteiger partial charge is 0.479 e. The van der Waals surface area contributed by atoms with Crippen molar-refractivity contribution in [2.45, 2.75) is 30.9 Å². The third kappa shape index (κ3) is 0.892. The predicted molar refractivity (Wildman–Crippen MR) is 34.4 cm³/mol. The molecule has 0 heterocycles. The van der Waals surface area contributed by atoms with E-state index in [-0.39, 0.29) is 6.42 Å². The Kier molecular flexibility index (Phi) is 1.66. The molecule has 0 spiro atoms. The first kappa shape index (κ1) is 7.50. The molecular formula is C6H11NO3. The Balaban J connectivity index is 2.75. The first-order valence-corrected chi connectivity index (χ1v) is 3.29. The molecule has 1 aliphatic carbocycles. The van der Waals surface area contributed by atoms with Crippen LogP contribution in [0.15, 0.2) is 0 Å². The summed E-state index contributed by atoms with van der Waals surface area (Å²) in [5.41, 5.74) is 3.73. The van der Waals surface area contributed by atoms with E-state index in [1.807, 2.05) is 0 Å². The normalized spacial score (nSPS) is 40.0. The Hall–Kier alpha value is -0.610. The van der Waals surface area contributed by atoms with Gasteiger partial charge >= 0.3 is 5.97 Å². The summed E-state index contributed by atoms with van der Waals surface area (Å²) >= 11 is 0. The smallest absolute Gasteiger partial charge is 0.337 e. The molecule has 2 atom stereocenters. The summed E-state index contributed by atoms with van der Waals surface area (Å²) in [5.74, 6) is -1.20. The van der Waals surface area contributed by atoms with Gasteiger partial charge in [0.1, 0.15) is 0 Å². The van der Waals surface area contributed by atoms with Crippen molar-refractivity contribution in [3.05, 3.63) is 0 Å². The Labute approximate surface area is 58.6 Å². The molecule has 1 rings (SSSR count). The summed E-state index contributed by atoms with van der Waals surface area (Å²) in [6, 6.07) is -0.593. The molecule has 10 heavy (non-hydrogen) atoms. The van der Waals surface area contributed by atoms with Crippen LogP contribution in [0.25, 0.3) is 0 Å². The minimum absolute atomic E-state index is 0.281. The topological polar surface area (TPSA) is 83.5 Å². The minimum atomic E-state index is -1.65. The number of hydrogen-bond acceptors (Lipinski definition) is 3. The summed E-state index contributed by atoms with van der Waals surface area (Å²) in [5, 5.41) is 17.8. The molecule has 4 N–H and O–H groups in total. The maximum Gasteiger partial charge on any atom is 0.337 e. The molecule has 0 unspecified atom stereocenters. The highest BCUT2D eigenvalue weighted by molar-refractivity contribution is 5.78. The zero-order valence-corrected chi connectivity index (χ0v) is 5.58. The third-order valence-corrected chi connectivity index (χ3v) is 2.06. The molecule has 0 radical (unpaired) electrons. The van der Waals surface area contributed by atoms with Gasteiger partial charge in [0.05, 0.1) is 0 Å². The van der Waals surface area contributed by atoms with Crippen LogP contribution < -0.4 is 5.73 Å². The van der Waals surface area contributed by atoms with Crippen LogP contribution in [-0.2, 0) is 4.79 Å². The van der Waals surface area contributed by atoms with Crippen molar-refractivity contribution < 1.29 is 15.0 Å². The van der Waals surface area contributed by atoms with Crippen LogP contribution in [0.3, 0.4) is 0 Å². The number of carbonyl (C=O) groups is 1. The number of hydrogen-bond donors (Lipinski definition) is 3. The number of carboxylic acid groups (broad SMARTS) is 1. The van der Waals surface area contributed by atoms with Crippen molar-refractivity contribution in [2.75, 3.05) is 0 Å². The molecule has 4 heteroatoms. The number of carboxylic acids is 1. The lowest BCUT2D eigenvalue weighted by Crippen LogP contribution is -2.49. The second-order valence-electron chi connectivity index (χ2n) is 2.73. The number of rotatable bonds is 1. The van der Waals surface area contributed by atoms with E-state index in [1.54, 1.807) is 0 Å². The fourth-order valence-corrected chi connectivity index (χ4v) is 1.28. The first-order valence-electron chi connectivity index (χ1n) is 3.29. The fraction of sp³-hybridized carbons (Fsp3) is 0.833. The Morgan fingerprint density at radius 3 is 2.50 bits per heavy atom. The van der Waals surface area contributed by atoms with E-state index < -0.39 is 17.6 Å². The van der Waals surface area contributed by atoms with E-state index in [1.165, 1.54) is 0 Å². The van der Waals surface area contributed by atoms with Gasteiger partial charge in [-0.05, 0) is 19.3 Å². The van der Waals surface area contributed by atoms with Crippen molar-refractivity contribution in [2.24, 2.45) is 5.73 Å². The molecule has 0 aromatic rings. The van der Waals surface area contributed by atoms with E-state index >= 15 is 0 Å². The number of aliphatic carboxylic acids is 1. The van der Waals surface area contributed by atoms with Crippen LogP contribution in [0, 0.1) is 0 Å². The van der Waals surface area contributed by atoms with E-state index in [0.717, 1.165) is 0 Å². The Morgan fingerprint density at radius 1 is 1.70 bits per heavy atom. The van der Waals surface area contributed by atoms with Crippen LogP contribution in [0.4, 0.5) is 0 Å². The number of nitrogens with two attached hydrogens (primary N) is 1. The first-order chi connectivity index (χ1) is 4.57. The molecule has 0 amide bonds. The minimum Gasteiger partial charge on any atom is -0.479 e. The molecular weight excluding hydrogens is 134 g/mol. The molecule has 4 nitrogen and oxygen atoms in total. The van der Waals surface area contributed by atoms with Gasteiger partial charge in [-0.3, -0.25) is 0 Å². The van der Waals surface area contributed by atoms with Crippen LogP contribution in [-0.4, -0.2) is 27.8 Å². The molecule has 0 aliphatic heterocycles. The zero-order chi connectivity index (χ0) is 7.78. The molecule has 58 valence electrons. The van der Waals surface area contributed by atoms with Gasteiger partial charge in [-0.2, -0.15) is 0 Å². The second-order valence-corrected chi connectivity index (χ2v) is 2.73. The van der Waals surface area contributed by atoms with Gasteiger partial charge in [0.15, 0.2) is 5.60 Å². The van der Waals surface area contributed by atoms with Crippen molar-refractivity contribution in [3.63, 3.8) is 0 Å². The predicted octanol–water partition coefficient (Wildman–Crippen LogP) is -0.687. The molecule has 0 aromatic heterocycles. The molecule has 1 fully saturated rings. The lowest BCUT2D eigenvalue weighted by atomic mass is 9.99. The lowest BCUT2D eigenvalue weighted by molar-refractivity contribution is -0.158. The van der Waals surface area contributed by atoms with Crippen LogP contribution in [0.2, 0.25) is 0 Å². The maximum absolute atomic E-state index is 10.4. The fourth-order valence-electron chi connectivity index (χ4n) is 1.28. The van der Waals surface area contributed by atoms with E-state index in [2.05, 4.69) is 0 Å². The Morgan fingerprint density at radius 2 is 2.30 bits per heavy atom. The van der Waals surface area contributed by atoms with Gasteiger partial charge in [-0.25, -0.2) is 4.79 Å². The third-order valence-electron chi connectivity index (χ3n) is 2.06. The SMILES string of the molecule is N[C@@H]1CCC[C@]1(O)C(=O)O. The summed E-state index contributed by atoms with van der Waals surface area (Å²) in [6.07, 6.45) is 1.58. The van der Waals surface area contributed by atoms with Gasteiger partial charge in [0.25, 0.3) is 0 Å². The van der Waals surface area contributed by atoms with E-state index in [0.29, 0.717) is 12.8 Å². The zero-order valence-electron chi connectivity index (χ0n) is 5.58. The second kappa shape index (κ2) is 2.21. The highest BCUT2D eigenvalue weighted by atomic mass is 16.4. The van der Waals surface area contributed by atoms with E-state index in [9.17, 15) is 9.90 Å². The highest BCUT2D eigenvalue weighted by Crippen LogP contribution is 2.28. The monoisotopic (exact) mass is 145 g/mol. The van der Waals surface area contributed by atoms with Crippen molar-refractivity contribution in [1.29, 1.82) is 0 Å². The van der Waals surface area contributed by atoms with Gasteiger partial charge in [0.2, 0.25) is 0 Å². The highest BCUT2D eigenvalue weighted by Gasteiger charge is 2.45. The molecule has 1 aliphatic rings. The van der Waals surface area contributed by atoms with Gasteiger partial charge in [-0.15, -0.1) is 0 Å². The number of aliphatic hydroxyl groups is 1. The summed E-state index contributed by atoms with van der Waals surface area (Å²) in [6.45, 7) is 0. The maximum atomic E-state index is 10.4. The van der Waals surface area contributed by atoms with Gasteiger partial charge in [-0.1, -0.05) is 0 Å². The van der Waals surface area contributed by atoms with Crippen LogP contribution in [0.1, 0.15) is 19.3 Å². The summed E-state index contributed by atoms with van der Waals surface area (Å²) in [4.78, 5) is 10.4. The van der Waals surface area contributed by atoms with Crippen LogP contribution in [0.5, 0.6) is 0 Å². The van der Waals surface area contributed by atoms with Gasteiger partial charge < -0.3 is 15.9 Å².